The molecule has 2 aromatic heterocycles. The van der Waals surface area contributed by atoms with Gasteiger partial charge in [0.05, 0.1) is 4.47 Å². The molecule has 1 aromatic carbocycles. The van der Waals surface area contributed by atoms with Gasteiger partial charge in [0.2, 0.25) is 5.95 Å². The highest BCUT2D eigenvalue weighted by Crippen LogP contribution is 2.16. The number of aromatic nitrogens is 4. The van der Waals surface area contributed by atoms with Gasteiger partial charge in [-0.15, -0.1) is 0 Å². The van der Waals surface area contributed by atoms with E-state index in [1.807, 2.05) is 18.3 Å². The van der Waals surface area contributed by atoms with E-state index in [1.54, 1.807) is 18.6 Å². The van der Waals surface area contributed by atoms with Gasteiger partial charge < -0.3 is 10.3 Å². The summed E-state index contributed by atoms with van der Waals surface area (Å²) >= 11 is 3.31. The lowest BCUT2D eigenvalue weighted by Gasteiger charge is -2.06. The first-order valence-electron chi connectivity index (χ1n) is 6.11. The summed E-state index contributed by atoms with van der Waals surface area (Å²) in [6.07, 6.45) is 7.00. The molecule has 2 N–H and O–H groups in total. The fourth-order valence-corrected chi connectivity index (χ4v) is 2.04. The second-order valence-electron chi connectivity index (χ2n) is 4.22. The zero-order valence-electron chi connectivity index (χ0n) is 10.5. The Labute approximate surface area is 124 Å². The van der Waals surface area contributed by atoms with Gasteiger partial charge in [0.25, 0.3) is 0 Å². The molecule has 0 saturated carbocycles. The Morgan fingerprint density at radius 2 is 2.00 bits per heavy atom. The average Bonchev–Trinajstić information content (AvgIpc) is 3.01. The number of aromatic amines is 1. The molecular weight excluding hydrogens is 318 g/mol. The van der Waals surface area contributed by atoms with Gasteiger partial charge in [0.1, 0.15) is 5.82 Å². The van der Waals surface area contributed by atoms with Crippen LogP contribution >= 0.6 is 15.9 Å². The zero-order valence-corrected chi connectivity index (χ0v) is 12.1. The van der Waals surface area contributed by atoms with Crippen LogP contribution in [0.25, 0.3) is 11.4 Å². The smallest absolute Gasteiger partial charge is 0.222 e. The lowest BCUT2D eigenvalue weighted by atomic mass is 10.1. The first kappa shape index (κ1) is 12.8. The van der Waals surface area contributed by atoms with Crippen molar-refractivity contribution in [3.8, 4) is 11.4 Å². The van der Waals surface area contributed by atoms with Crippen molar-refractivity contribution in [1.29, 1.82) is 0 Å². The molecule has 0 amide bonds. The lowest BCUT2D eigenvalue weighted by molar-refractivity contribution is 1.05. The van der Waals surface area contributed by atoms with Crippen molar-refractivity contribution in [2.24, 2.45) is 0 Å². The molecule has 0 atom stereocenters. The maximum atomic E-state index is 4.25. The Bertz CT molecular complexity index is 679. The van der Waals surface area contributed by atoms with Gasteiger partial charge in [-0.3, -0.25) is 0 Å². The van der Waals surface area contributed by atoms with E-state index in [0.29, 0.717) is 12.5 Å². The summed E-state index contributed by atoms with van der Waals surface area (Å²) in [6, 6.07) is 8.18. The number of imidazole rings is 1. The van der Waals surface area contributed by atoms with Crippen LogP contribution in [0.3, 0.4) is 0 Å². The van der Waals surface area contributed by atoms with E-state index in [0.717, 1.165) is 21.4 Å². The van der Waals surface area contributed by atoms with Gasteiger partial charge in [-0.25, -0.2) is 15.0 Å². The molecule has 0 fully saturated rings. The molecular formula is C14H12BrN5. The van der Waals surface area contributed by atoms with Gasteiger partial charge in [0, 0.05) is 36.9 Å². The molecule has 0 saturated heterocycles. The number of H-pyrrole nitrogens is 1. The van der Waals surface area contributed by atoms with Crippen LogP contribution in [0.1, 0.15) is 5.56 Å². The van der Waals surface area contributed by atoms with Crippen LogP contribution in [0, 0.1) is 0 Å². The SMILES string of the molecule is Brc1cnc(NCc2cccc(-c3ncc[nH]3)c2)nc1. The average molecular weight is 330 g/mol. The van der Waals surface area contributed by atoms with Crippen LogP contribution in [-0.4, -0.2) is 19.9 Å². The fourth-order valence-electron chi connectivity index (χ4n) is 1.84. The molecule has 2 heterocycles. The van der Waals surface area contributed by atoms with E-state index < -0.39 is 0 Å². The molecule has 5 nitrogen and oxygen atoms in total. The first-order chi connectivity index (χ1) is 9.81. The maximum Gasteiger partial charge on any atom is 0.222 e. The predicted octanol–water partition coefficient (Wildman–Crippen LogP) is 3.24. The molecule has 3 aromatic rings. The van der Waals surface area contributed by atoms with Crippen molar-refractivity contribution in [2.45, 2.75) is 6.54 Å². The number of nitrogens with zero attached hydrogens (tertiary/aromatic N) is 3. The summed E-state index contributed by atoms with van der Waals surface area (Å²) in [7, 11) is 0. The van der Waals surface area contributed by atoms with Gasteiger partial charge >= 0.3 is 0 Å². The predicted molar refractivity (Wildman–Crippen MR) is 81.1 cm³/mol. The van der Waals surface area contributed by atoms with Crippen LogP contribution in [-0.2, 0) is 6.54 Å². The van der Waals surface area contributed by atoms with E-state index in [-0.39, 0.29) is 0 Å². The molecule has 100 valence electrons. The lowest BCUT2D eigenvalue weighted by Crippen LogP contribution is -2.03. The van der Waals surface area contributed by atoms with Gasteiger partial charge in [-0.1, -0.05) is 18.2 Å². The summed E-state index contributed by atoms with van der Waals surface area (Å²) in [5.41, 5.74) is 2.21. The molecule has 3 rings (SSSR count). The monoisotopic (exact) mass is 329 g/mol. The third-order valence-corrected chi connectivity index (χ3v) is 3.18. The summed E-state index contributed by atoms with van der Waals surface area (Å²) in [5.74, 6) is 1.48. The van der Waals surface area contributed by atoms with Gasteiger partial charge in [-0.05, 0) is 27.6 Å². The van der Waals surface area contributed by atoms with Crippen LogP contribution in [0.15, 0.2) is 53.5 Å². The number of rotatable bonds is 4. The first-order valence-corrected chi connectivity index (χ1v) is 6.91. The van der Waals surface area contributed by atoms with Crippen molar-refractivity contribution >= 4 is 21.9 Å². The Morgan fingerprint density at radius 1 is 1.15 bits per heavy atom. The van der Waals surface area contributed by atoms with E-state index in [4.69, 9.17) is 0 Å². The number of nitrogens with one attached hydrogen (secondary N) is 2. The minimum Gasteiger partial charge on any atom is -0.350 e. The second kappa shape index (κ2) is 5.83. The fraction of sp³-hybridized carbons (Fsp3) is 0.0714. The van der Waals surface area contributed by atoms with Crippen molar-refractivity contribution in [2.75, 3.05) is 5.32 Å². The highest BCUT2D eigenvalue weighted by Gasteiger charge is 2.02. The van der Waals surface area contributed by atoms with Crippen molar-refractivity contribution in [1.82, 2.24) is 19.9 Å². The molecule has 0 aliphatic heterocycles. The molecule has 0 spiro atoms. The Morgan fingerprint density at radius 3 is 2.75 bits per heavy atom. The van der Waals surface area contributed by atoms with Crippen molar-refractivity contribution in [3.63, 3.8) is 0 Å². The quantitative estimate of drug-likeness (QED) is 0.771. The highest BCUT2D eigenvalue weighted by atomic mass is 79.9. The number of halogens is 1. The van der Waals surface area contributed by atoms with E-state index in [1.165, 1.54) is 0 Å². The number of benzene rings is 1. The van der Waals surface area contributed by atoms with Crippen LogP contribution in [0.4, 0.5) is 5.95 Å². The molecule has 0 bridgehead atoms. The number of hydrogen-bond donors (Lipinski definition) is 2. The third-order valence-electron chi connectivity index (χ3n) is 2.77. The minimum atomic E-state index is 0.608. The topological polar surface area (TPSA) is 66.5 Å². The third kappa shape index (κ3) is 3.03. The van der Waals surface area contributed by atoms with Crippen LogP contribution in [0.5, 0.6) is 0 Å². The van der Waals surface area contributed by atoms with Crippen LogP contribution in [0.2, 0.25) is 0 Å². The molecule has 20 heavy (non-hydrogen) atoms. The molecule has 0 aliphatic rings. The Kier molecular flexibility index (Phi) is 3.73. The van der Waals surface area contributed by atoms with Gasteiger partial charge in [0.15, 0.2) is 0 Å². The van der Waals surface area contributed by atoms with Gasteiger partial charge in [-0.2, -0.15) is 0 Å². The minimum absolute atomic E-state index is 0.608. The summed E-state index contributed by atoms with van der Waals surface area (Å²) < 4.78 is 0.864. The summed E-state index contributed by atoms with van der Waals surface area (Å²) in [4.78, 5) is 15.7. The second-order valence-corrected chi connectivity index (χ2v) is 5.13. The largest absolute Gasteiger partial charge is 0.350 e. The Balaban J connectivity index is 1.72. The summed E-state index contributed by atoms with van der Waals surface area (Å²) in [5, 5.41) is 3.19. The molecule has 0 unspecified atom stereocenters. The normalized spacial score (nSPS) is 10.4. The van der Waals surface area contributed by atoms with E-state index in [9.17, 15) is 0 Å². The zero-order chi connectivity index (χ0) is 13.8. The molecule has 0 radical (unpaired) electrons. The number of hydrogen-bond acceptors (Lipinski definition) is 4. The maximum absolute atomic E-state index is 4.25. The standard InChI is InChI=1S/C14H12BrN5/c15-12-8-19-14(20-9-12)18-7-10-2-1-3-11(6-10)13-16-4-5-17-13/h1-6,8-9H,7H2,(H,16,17)(H,18,19,20). The van der Waals surface area contributed by atoms with Crippen molar-refractivity contribution < 1.29 is 0 Å². The van der Waals surface area contributed by atoms with E-state index in [2.05, 4.69) is 53.3 Å². The Hall–Kier alpha value is -2.21. The number of anilines is 1. The molecule has 6 heteroatoms. The molecule has 0 aliphatic carbocycles. The van der Waals surface area contributed by atoms with E-state index >= 15 is 0 Å². The van der Waals surface area contributed by atoms with Crippen LogP contribution < -0.4 is 5.32 Å². The highest BCUT2D eigenvalue weighted by molar-refractivity contribution is 9.10. The summed E-state index contributed by atoms with van der Waals surface area (Å²) in [6.45, 7) is 0.663. The van der Waals surface area contributed by atoms with Crippen molar-refractivity contribution in [3.05, 3.63) is 59.1 Å².